The molecule has 0 aromatic carbocycles. The second kappa shape index (κ2) is 8.70. The van der Waals surface area contributed by atoms with Gasteiger partial charge < -0.3 is 10.1 Å². The molecule has 0 heterocycles. The number of hydrogen-bond donors (Lipinski definition) is 1. The van der Waals surface area contributed by atoms with E-state index in [0.29, 0.717) is 12.2 Å². The number of Topliss-reactive ketones (excluding diaryl/α,β-unsaturated/α-hetero) is 1. The SMILES string of the molecule is CCOCCCCCC(=O)C(C)(C)NCC(C)(C)C. The van der Waals surface area contributed by atoms with Crippen LogP contribution in [0.2, 0.25) is 0 Å². The molecule has 0 aromatic rings. The largest absolute Gasteiger partial charge is 0.382 e. The van der Waals surface area contributed by atoms with Crippen LogP contribution < -0.4 is 5.32 Å². The topological polar surface area (TPSA) is 38.3 Å². The molecule has 0 aliphatic rings. The van der Waals surface area contributed by atoms with Gasteiger partial charge in [0.1, 0.15) is 0 Å². The molecule has 0 bridgehead atoms. The molecule has 0 saturated heterocycles. The number of unbranched alkanes of at least 4 members (excludes halogenated alkanes) is 2. The first kappa shape index (κ1) is 18.6. The first-order valence-electron chi connectivity index (χ1n) is 7.55. The molecule has 0 amide bonds. The van der Waals surface area contributed by atoms with Crippen molar-refractivity contribution >= 4 is 5.78 Å². The molecule has 0 atom stereocenters. The third kappa shape index (κ3) is 10.1. The van der Waals surface area contributed by atoms with Crippen molar-refractivity contribution in [2.75, 3.05) is 19.8 Å². The molecule has 0 rings (SSSR count). The van der Waals surface area contributed by atoms with E-state index in [0.717, 1.165) is 39.0 Å². The first-order chi connectivity index (χ1) is 8.69. The Morgan fingerprint density at radius 1 is 1.05 bits per heavy atom. The monoisotopic (exact) mass is 271 g/mol. The molecule has 1 N–H and O–H groups in total. The van der Waals surface area contributed by atoms with Crippen LogP contribution in [0.25, 0.3) is 0 Å². The summed E-state index contributed by atoms with van der Waals surface area (Å²) < 4.78 is 5.29. The number of ketones is 1. The van der Waals surface area contributed by atoms with Gasteiger partial charge in [0.2, 0.25) is 0 Å². The van der Waals surface area contributed by atoms with Crippen LogP contribution in [0.3, 0.4) is 0 Å². The first-order valence-corrected chi connectivity index (χ1v) is 7.55. The molecule has 0 saturated carbocycles. The molecule has 3 nitrogen and oxygen atoms in total. The van der Waals surface area contributed by atoms with Crippen LogP contribution in [0, 0.1) is 5.41 Å². The smallest absolute Gasteiger partial charge is 0.152 e. The van der Waals surface area contributed by atoms with E-state index < -0.39 is 5.54 Å². The molecule has 19 heavy (non-hydrogen) atoms. The zero-order valence-corrected chi connectivity index (χ0v) is 13.8. The minimum Gasteiger partial charge on any atom is -0.382 e. The van der Waals surface area contributed by atoms with Crippen molar-refractivity contribution in [2.45, 2.75) is 72.8 Å². The number of hydrogen-bond acceptors (Lipinski definition) is 3. The maximum atomic E-state index is 12.2. The average molecular weight is 271 g/mol. The normalized spacial score (nSPS) is 12.7. The summed E-state index contributed by atoms with van der Waals surface area (Å²) in [6, 6.07) is 0. The minimum absolute atomic E-state index is 0.203. The van der Waals surface area contributed by atoms with E-state index in [1.165, 1.54) is 0 Å². The van der Waals surface area contributed by atoms with Gasteiger partial charge in [-0.1, -0.05) is 27.2 Å². The lowest BCUT2D eigenvalue weighted by molar-refractivity contribution is -0.124. The Morgan fingerprint density at radius 3 is 2.21 bits per heavy atom. The fourth-order valence-corrected chi connectivity index (χ4v) is 1.71. The predicted octanol–water partition coefficient (Wildman–Crippen LogP) is 3.57. The van der Waals surface area contributed by atoms with Gasteiger partial charge in [-0.15, -0.1) is 0 Å². The molecule has 0 aromatic heterocycles. The zero-order chi connectivity index (χ0) is 14.9. The van der Waals surface area contributed by atoms with Gasteiger partial charge in [-0.25, -0.2) is 0 Å². The lowest BCUT2D eigenvalue weighted by atomic mass is 9.91. The molecule has 0 spiro atoms. The standard InChI is InChI=1S/C16H33NO2/c1-7-19-12-10-8-9-11-14(18)16(5,6)17-13-15(2,3)4/h17H,7-13H2,1-6H3. The van der Waals surface area contributed by atoms with Gasteiger partial charge in [0.05, 0.1) is 5.54 Å². The summed E-state index contributed by atoms with van der Waals surface area (Å²) in [6.07, 6.45) is 3.75. The van der Waals surface area contributed by atoms with Crippen LogP contribution in [-0.4, -0.2) is 31.1 Å². The third-order valence-electron chi connectivity index (χ3n) is 3.15. The van der Waals surface area contributed by atoms with E-state index in [-0.39, 0.29) is 5.41 Å². The fraction of sp³-hybridized carbons (Fsp3) is 0.938. The Morgan fingerprint density at radius 2 is 1.68 bits per heavy atom. The van der Waals surface area contributed by atoms with Crippen molar-refractivity contribution in [3.63, 3.8) is 0 Å². The van der Waals surface area contributed by atoms with Gasteiger partial charge in [-0.2, -0.15) is 0 Å². The van der Waals surface area contributed by atoms with Crippen molar-refractivity contribution < 1.29 is 9.53 Å². The molecule has 114 valence electrons. The van der Waals surface area contributed by atoms with Crippen molar-refractivity contribution in [1.82, 2.24) is 5.32 Å². The van der Waals surface area contributed by atoms with E-state index in [9.17, 15) is 4.79 Å². The van der Waals surface area contributed by atoms with Crippen LogP contribution in [0.1, 0.15) is 67.2 Å². The van der Waals surface area contributed by atoms with E-state index in [4.69, 9.17) is 4.74 Å². The molecular formula is C16H33NO2. The predicted molar refractivity (Wildman–Crippen MR) is 81.5 cm³/mol. The summed E-state index contributed by atoms with van der Waals surface area (Å²) in [7, 11) is 0. The highest BCUT2D eigenvalue weighted by molar-refractivity contribution is 5.87. The van der Waals surface area contributed by atoms with E-state index in [1.54, 1.807) is 0 Å². The zero-order valence-electron chi connectivity index (χ0n) is 13.8. The van der Waals surface area contributed by atoms with E-state index in [1.807, 2.05) is 20.8 Å². The summed E-state index contributed by atoms with van der Waals surface area (Å²) in [4.78, 5) is 12.2. The maximum Gasteiger partial charge on any atom is 0.152 e. The van der Waals surface area contributed by atoms with Crippen LogP contribution in [0.15, 0.2) is 0 Å². The number of carbonyl (C=O) groups excluding carboxylic acids is 1. The van der Waals surface area contributed by atoms with Crippen molar-refractivity contribution in [2.24, 2.45) is 5.41 Å². The fourth-order valence-electron chi connectivity index (χ4n) is 1.71. The Bertz CT molecular complexity index is 254. The summed E-state index contributed by atoms with van der Waals surface area (Å²) in [6.45, 7) is 15.0. The molecule has 0 unspecified atom stereocenters. The highest BCUT2D eigenvalue weighted by Crippen LogP contribution is 2.16. The van der Waals surface area contributed by atoms with Gasteiger partial charge in [-0.05, 0) is 39.0 Å². The van der Waals surface area contributed by atoms with Crippen molar-refractivity contribution in [1.29, 1.82) is 0 Å². The molecule has 0 fully saturated rings. The lowest BCUT2D eigenvalue weighted by Gasteiger charge is -2.29. The van der Waals surface area contributed by atoms with Crippen LogP contribution in [0.5, 0.6) is 0 Å². The molecule has 0 aliphatic heterocycles. The Kier molecular flexibility index (Phi) is 8.51. The van der Waals surface area contributed by atoms with Crippen molar-refractivity contribution in [3.05, 3.63) is 0 Å². The number of rotatable bonds is 10. The lowest BCUT2D eigenvalue weighted by Crippen LogP contribution is -2.49. The summed E-state index contributed by atoms with van der Waals surface area (Å²) >= 11 is 0. The highest BCUT2D eigenvalue weighted by atomic mass is 16.5. The molecule has 0 aliphatic carbocycles. The summed E-state index contributed by atoms with van der Waals surface area (Å²) in [5, 5.41) is 3.39. The van der Waals surface area contributed by atoms with E-state index >= 15 is 0 Å². The molecule has 3 heteroatoms. The quantitative estimate of drug-likeness (QED) is 0.617. The maximum absolute atomic E-state index is 12.2. The van der Waals surface area contributed by atoms with Gasteiger partial charge in [-0.3, -0.25) is 4.79 Å². The van der Waals surface area contributed by atoms with Gasteiger partial charge in [0.15, 0.2) is 5.78 Å². The van der Waals surface area contributed by atoms with Crippen LogP contribution in [0.4, 0.5) is 0 Å². The van der Waals surface area contributed by atoms with Crippen LogP contribution >= 0.6 is 0 Å². The van der Waals surface area contributed by atoms with Crippen molar-refractivity contribution in [3.8, 4) is 0 Å². The second-order valence-electron chi connectivity index (χ2n) is 6.97. The Labute approximate surface area is 119 Å². The third-order valence-corrected chi connectivity index (χ3v) is 3.15. The van der Waals surface area contributed by atoms with Crippen LogP contribution in [-0.2, 0) is 9.53 Å². The number of ether oxygens (including phenoxy) is 1. The average Bonchev–Trinajstić information content (AvgIpc) is 2.30. The minimum atomic E-state index is -0.410. The summed E-state index contributed by atoms with van der Waals surface area (Å²) in [5.74, 6) is 0.313. The molecule has 0 radical (unpaired) electrons. The number of nitrogens with one attached hydrogen (secondary N) is 1. The van der Waals surface area contributed by atoms with E-state index in [2.05, 4.69) is 26.1 Å². The number of carbonyl (C=O) groups is 1. The van der Waals surface area contributed by atoms with Gasteiger partial charge in [0, 0.05) is 26.2 Å². The second-order valence-corrected chi connectivity index (χ2v) is 6.97. The highest BCUT2D eigenvalue weighted by Gasteiger charge is 2.27. The Hall–Kier alpha value is -0.410. The summed E-state index contributed by atoms with van der Waals surface area (Å²) in [5.41, 5.74) is -0.206. The Balaban J connectivity index is 3.85. The molecular weight excluding hydrogens is 238 g/mol. The van der Waals surface area contributed by atoms with Gasteiger partial charge in [0.25, 0.3) is 0 Å². The van der Waals surface area contributed by atoms with Gasteiger partial charge >= 0.3 is 0 Å².